The van der Waals surface area contributed by atoms with E-state index < -0.39 is 0 Å². The molecule has 0 aliphatic rings. The van der Waals surface area contributed by atoms with Crippen molar-refractivity contribution in [2.75, 3.05) is 5.75 Å². The maximum Gasteiger partial charge on any atom is 0.0163 e. The number of thioether (sulfide) groups is 1. The van der Waals surface area contributed by atoms with Crippen LogP contribution in [0.2, 0.25) is 0 Å². The van der Waals surface area contributed by atoms with Crippen molar-refractivity contribution in [2.24, 2.45) is 0 Å². The highest BCUT2D eigenvalue weighted by molar-refractivity contribution is 7.99. The SMILES string of the molecule is [CH]=CCSc1ccccc1. The van der Waals surface area contributed by atoms with Gasteiger partial charge in [-0.3, -0.25) is 0 Å². The van der Waals surface area contributed by atoms with Crippen LogP contribution in [-0.2, 0) is 0 Å². The van der Waals surface area contributed by atoms with E-state index in [4.69, 9.17) is 6.58 Å². The normalized spacial score (nSPS) is 9.20. The van der Waals surface area contributed by atoms with Gasteiger partial charge >= 0.3 is 0 Å². The van der Waals surface area contributed by atoms with E-state index in [2.05, 4.69) is 12.1 Å². The van der Waals surface area contributed by atoms with E-state index in [0.717, 1.165) is 5.75 Å². The maximum atomic E-state index is 5.23. The first-order valence-electron chi connectivity index (χ1n) is 3.15. The van der Waals surface area contributed by atoms with Crippen molar-refractivity contribution in [3.05, 3.63) is 43.0 Å². The fourth-order valence-corrected chi connectivity index (χ4v) is 1.30. The Labute approximate surface area is 66.0 Å². The molecule has 0 aromatic heterocycles. The highest BCUT2D eigenvalue weighted by Crippen LogP contribution is 2.15. The molecule has 1 rings (SSSR count). The van der Waals surface area contributed by atoms with Crippen molar-refractivity contribution in [1.82, 2.24) is 0 Å². The molecule has 0 saturated carbocycles. The minimum absolute atomic E-state index is 0.879. The van der Waals surface area contributed by atoms with Crippen LogP contribution in [0.15, 0.2) is 41.3 Å². The average Bonchev–Trinajstić information content (AvgIpc) is 2.03. The van der Waals surface area contributed by atoms with Crippen LogP contribution in [0.25, 0.3) is 0 Å². The summed E-state index contributed by atoms with van der Waals surface area (Å²) < 4.78 is 0. The first-order valence-corrected chi connectivity index (χ1v) is 4.13. The molecule has 0 bridgehead atoms. The summed E-state index contributed by atoms with van der Waals surface area (Å²) in [4.78, 5) is 1.27. The zero-order valence-corrected chi connectivity index (χ0v) is 6.47. The van der Waals surface area contributed by atoms with Crippen molar-refractivity contribution in [3.63, 3.8) is 0 Å². The summed E-state index contributed by atoms with van der Waals surface area (Å²) in [5.74, 6) is 0.879. The third kappa shape index (κ3) is 2.28. The lowest BCUT2D eigenvalue weighted by Crippen LogP contribution is -1.70. The first-order chi connectivity index (χ1) is 4.93. The second kappa shape index (κ2) is 4.18. The molecule has 0 unspecified atom stereocenters. The third-order valence-electron chi connectivity index (χ3n) is 1.09. The summed E-state index contributed by atoms with van der Waals surface area (Å²) in [5, 5.41) is 0. The molecule has 0 atom stereocenters. The second-order valence-electron chi connectivity index (χ2n) is 1.86. The topological polar surface area (TPSA) is 0 Å². The molecule has 0 N–H and O–H groups in total. The molecule has 10 heavy (non-hydrogen) atoms. The number of hydrogen-bond donors (Lipinski definition) is 0. The third-order valence-corrected chi connectivity index (χ3v) is 2.05. The van der Waals surface area contributed by atoms with Crippen molar-refractivity contribution >= 4 is 11.8 Å². The zero-order chi connectivity index (χ0) is 7.23. The Hall–Kier alpha value is -0.690. The highest BCUT2D eigenvalue weighted by Gasteiger charge is 1.86. The predicted molar refractivity (Wildman–Crippen MR) is 46.0 cm³/mol. The van der Waals surface area contributed by atoms with E-state index in [-0.39, 0.29) is 0 Å². The minimum atomic E-state index is 0.879. The molecule has 0 spiro atoms. The lowest BCUT2D eigenvalue weighted by atomic mass is 10.4. The van der Waals surface area contributed by atoms with Crippen LogP contribution in [-0.4, -0.2) is 5.75 Å². The average molecular weight is 149 g/mol. The molecule has 0 aliphatic heterocycles. The zero-order valence-electron chi connectivity index (χ0n) is 5.66. The molecule has 51 valence electrons. The van der Waals surface area contributed by atoms with Crippen LogP contribution in [0.4, 0.5) is 0 Å². The van der Waals surface area contributed by atoms with Crippen LogP contribution in [0.5, 0.6) is 0 Å². The Bertz CT molecular complexity index is 191. The largest absolute Gasteiger partial charge is 0.122 e. The molecule has 1 aromatic carbocycles. The van der Waals surface area contributed by atoms with Crippen molar-refractivity contribution in [1.29, 1.82) is 0 Å². The van der Waals surface area contributed by atoms with Gasteiger partial charge in [0.2, 0.25) is 0 Å². The Morgan fingerprint density at radius 1 is 1.30 bits per heavy atom. The van der Waals surface area contributed by atoms with Crippen LogP contribution in [0.1, 0.15) is 0 Å². The molecular formula is C9H9S. The van der Waals surface area contributed by atoms with E-state index in [9.17, 15) is 0 Å². The van der Waals surface area contributed by atoms with Crippen molar-refractivity contribution in [3.8, 4) is 0 Å². The Morgan fingerprint density at radius 2 is 2.00 bits per heavy atom. The number of benzene rings is 1. The van der Waals surface area contributed by atoms with Gasteiger partial charge in [0.1, 0.15) is 0 Å². The van der Waals surface area contributed by atoms with Gasteiger partial charge in [-0.25, -0.2) is 0 Å². The summed E-state index contributed by atoms with van der Waals surface area (Å²) >= 11 is 1.74. The second-order valence-corrected chi connectivity index (χ2v) is 2.95. The summed E-state index contributed by atoms with van der Waals surface area (Å²) in [6, 6.07) is 10.2. The lowest BCUT2D eigenvalue weighted by Gasteiger charge is -1.94. The van der Waals surface area contributed by atoms with Gasteiger partial charge in [-0.05, 0) is 12.1 Å². The van der Waals surface area contributed by atoms with Crippen LogP contribution >= 0.6 is 11.8 Å². The molecule has 1 radical (unpaired) electrons. The van der Waals surface area contributed by atoms with Gasteiger partial charge in [-0.1, -0.05) is 30.9 Å². The molecular weight excluding hydrogens is 140 g/mol. The fraction of sp³-hybridized carbons (Fsp3) is 0.111. The number of rotatable bonds is 3. The van der Waals surface area contributed by atoms with E-state index in [1.165, 1.54) is 4.90 Å². The predicted octanol–water partition coefficient (Wildman–Crippen LogP) is 2.77. The molecule has 1 aromatic rings. The van der Waals surface area contributed by atoms with Gasteiger partial charge in [0.15, 0.2) is 0 Å². The smallest absolute Gasteiger partial charge is 0.0163 e. The fourth-order valence-electron chi connectivity index (χ4n) is 0.661. The number of hydrogen-bond acceptors (Lipinski definition) is 1. The van der Waals surface area contributed by atoms with Crippen molar-refractivity contribution < 1.29 is 0 Å². The Kier molecular flexibility index (Phi) is 3.10. The first kappa shape index (κ1) is 7.42. The Balaban J connectivity index is 2.50. The molecule has 0 nitrogen and oxygen atoms in total. The van der Waals surface area contributed by atoms with Gasteiger partial charge < -0.3 is 0 Å². The van der Waals surface area contributed by atoms with E-state index in [0.29, 0.717) is 0 Å². The van der Waals surface area contributed by atoms with E-state index >= 15 is 0 Å². The summed E-state index contributed by atoms with van der Waals surface area (Å²) in [6.45, 7) is 5.23. The maximum absolute atomic E-state index is 5.23. The molecule has 0 aliphatic carbocycles. The van der Waals surface area contributed by atoms with E-state index in [1.807, 2.05) is 18.2 Å². The van der Waals surface area contributed by atoms with Crippen LogP contribution < -0.4 is 0 Å². The van der Waals surface area contributed by atoms with Gasteiger partial charge in [-0.15, -0.1) is 11.8 Å². The van der Waals surface area contributed by atoms with Gasteiger partial charge in [0, 0.05) is 10.6 Å². The van der Waals surface area contributed by atoms with Crippen LogP contribution in [0.3, 0.4) is 0 Å². The standard InChI is InChI=1S/C9H9S/c1-2-8-10-9-6-4-3-5-7-9/h1-7H,8H2. The molecule has 0 fully saturated rings. The molecule has 0 heterocycles. The summed E-state index contributed by atoms with van der Waals surface area (Å²) in [7, 11) is 0. The quantitative estimate of drug-likeness (QED) is 0.595. The van der Waals surface area contributed by atoms with Gasteiger partial charge in [0.25, 0.3) is 0 Å². The highest BCUT2D eigenvalue weighted by atomic mass is 32.2. The van der Waals surface area contributed by atoms with Gasteiger partial charge in [0.05, 0.1) is 0 Å². The van der Waals surface area contributed by atoms with Gasteiger partial charge in [-0.2, -0.15) is 0 Å². The lowest BCUT2D eigenvalue weighted by molar-refractivity contribution is 1.46. The molecule has 0 saturated heterocycles. The van der Waals surface area contributed by atoms with E-state index in [1.54, 1.807) is 17.8 Å². The summed E-state index contributed by atoms with van der Waals surface area (Å²) in [5.41, 5.74) is 0. The molecule has 1 heteroatoms. The Morgan fingerprint density at radius 3 is 2.60 bits per heavy atom. The van der Waals surface area contributed by atoms with Crippen LogP contribution in [0, 0.1) is 6.58 Å². The summed E-state index contributed by atoms with van der Waals surface area (Å²) in [6.07, 6.45) is 1.66. The van der Waals surface area contributed by atoms with Crippen molar-refractivity contribution in [2.45, 2.75) is 4.90 Å². The minimum Gasteiger partial charge on any atom is -0.122 e. The molecule has 0 amide bonds. The monoisotopic (exact) mass is 149 g/mol.